The molecule has 1 aliphatic heterocycles. The summed E-state index contributed by atoms with van der Waals surface area (Å²) in [6.07, 6.45) is 0.0864. The Morgan fingerprint density at radius 2 is 1.94 bits per heavy atom. The van der Waals surface area contributed by atoms with Gasteiger partial charge in [0.15, 0.2) is 5.25 Å². The molecule has 1 aliphatic rings. The van der Waals surface area contributed by atoms with E-state index in [4.69, 9.17) is 10.00 Å². The quantitative estimate of drug-likeness (QED) is 0.736. The summed E-state index contributed by atoms with van der Waals surface area (Å²) < 4.78 is 31.0. The molecular formula is C10H18N2O3S. The third-order valence-electron chi connectivity index (χ3n) is 2.62. The van der Waals surface area contributed by atoms with Gasteiger partial charge in [0.05, 0.1) is 18.3 Å². The minimum atomic E-state index is -3.50. The van der Waals surface area contributed by atoms with Crippen molar-refractivity contribution < 1.29 is 13.2 Å². The molecule has 1 unspecified atom stereocenters. The molecule has 0 N–H and O–H groups in total. The molecule has 0 saturated carbocycles. The van der Waals surface area contributed by atoms with E-state index in [0.717, 1.165) is 0 Å². The minimum Gasteiger partial charge on any atom is -0.373 e. The van der Waals surface area contributed by atoms with Crippen LogP contribution in [0.1, 0.15) is 27.2 Å². The normalized spacial score (nSPS) is 29.6. The summed E-state index contributed by atoms with van der Waals surface area (Å²) in [4.78, 5) is 0. The Morgan fingerprint density at radius 3 is 2.31 bits per heavy atom. The Kier molecular flexibility index (Phi) is 4.30. The maximum absolute atomic E-state index is 12.1. The second kappa shape index (κ2) is 5.13. The number of nitrogens with zero attached hydrogens (tertiary/aromatic N) is 2. The molecule has 1 rings (SSSR count). The Balaban J connectivity index is 2.87. The number of hydrogen-bond donors (Lipinski definition) is 0. The maximum Gasteiger partial charge on any atom is 0.230 e. The summed E-state index contributed by atoms with van der Waals surface area (Å²) in [5.74, 6) is 0. The molecule has 0 spiro atoms. The van der Waals surface area contributed by atoms with Crippen LogP contribution in [0.5, 0.6) is 0 Å². The molecular weight excluding hydrogens is 228 g/mol. The highest BCUT2D eigenvalue weighted by molar-refractivity contribution is 7.90. The van der Waals surface area contributed by atoms with Crippen molar-refractivity contribution in [2.45, 2.75) is 44.6 Å². The van der Waals surface area contributed by atoms with Crippen LogP contribution >= 0.6 is 0 Å². The van der Waals surface area contributed by atoms with Gasteiger partial charge in [-0.25, -0.2) is 8.42 Å². The van der Waals surface area contributed by atoms with E-state index in [9.17, 15) is 8.42 Å². The number of hydrogen-bond acceptors (Lipinski definition) is 4. The summed E-state index contributed by atoms with van der Waals surface area (Å²) in [6.45, 7) is 6.06. The van der Waals surface area contributed by atoms with Crippen LogP contribution < -0.4 is 0 Å². The minimum absolute atomic E-state index is 0.116. The molecule has 16 heavy (non-hydrogen) atoms. The Morgan fingerprint density at radius 1 is 1.44 bits per heavy atom. The molecule has 6 heteroatoms. The average molecular weight is 246 g/mol. The number of ether oxygens (including phenoxy) is 1. The van der Waals surface area contributed by atoms with Gasteiger partial charge in [0.1, 0.15) is 0 Å². The Bertz CT molecular complexity index is 364. The van der Waals surface area contributed by atoms with E-state index < -0.39 is 15.3 Å². The van der Waals surface area contributed by atoms with E-state index in [2.05, 4.69) is 0 Å². The van der Waals surface area contributed by atoms with Crippen molar-refractivity contribution in [3.05, 3.63) is 0 Å². The highest BCUT2D eigenvalue weighted by atomic mass is 32.2. The maximum atomic E-state index is 12.1. The fourth-order valence-electron chi connectivity index (χ4n) is 1.89. The molecule has 1 heterocycles. The van der Waals surface area contributed by atoms with Gasteiger partial charge in [-0.2, -0.15) is 9.57 Å². The number of rotatable bonds is 3. The van der Waals surface area contributed by atoms with Crippen molar-refractivity contribution in [3.63, 3.8) is 0 Å². The van der Waals surface area contributed by atoms with Gasteiger partial charge in [0, 0.05) is 13.1 Å². The topological polar surface area (TPSA) is 70.4 Å². The van der Waals surface area contributed by atoms with E-state index in [1.54, 1.807) is 6.92 Å². The van der Waals surface area contributed by atoms with Crippen LogP contribution in [0.15, 0.2) is 0 Å². The molecule has 3 atom stereocenters. The van der Waals surface area contributed by atoms with Crippen molar-refractivity contribution in [2.24, 2.45) is 0 Å². The first-order chi connectivity index (χ1) is 7.41. The Labute approximate surface area is 97.0 Å². The predicted octanol–water partition coefficient (Wildman–Crippen LogP) is 0.728. The van der Waals surface area contributed by atoms with Gasteiger partial charge >= 0.3 is 0 Å². The zero-order valence-electron chi connectivity index (χ0n) is 9.88. The van der Waals surface area contributed by atoms with Gasteiger partial charge in [-0.1, -0.05) is 6.92 Å². The molecule has 0 amide bonds. The van der Waals surface area contributed by atoms with E-state index in [1.165, 1.54) is 4.31 Å². The molecule has 0 aromatic carbocycles. The highest BCUT2D eigenvalue weighted by Gasteiger charge is 2.35. The van der Waals surface area contributed by atoms with E-state index in [-0.39, 0.29) is 12.2 Å². The lowest BCUT2D eigenvalue weighted by atomic mass is 10.3. The lowest BCUT2D eigenvalue weighted by molar-refractivity contribution is -0.0442. The van der Waals surface area contributed by atoms with Crippen LogP contribution in [-0.4, -0.2) is 43.3 Å². The molecule has 0 aliphatic carbocycles. The predicted molar refractivity (Wildman–Crippen MR) is 60.2 cm³/mol. The first kappa shape index (κ1) is 13.4. The zero-order valence-corrected chi connectivity index (χ0v) is 10.7. The van der Waals surface area contributed by atoms with Crippen molar-refractivity contribution in [1.82, 2.24) is 4.31 Å². The lowest BCUT2D eigenvalue weighted by Crippen LogP contribution is -2.50. The summed E-state index contributed by atoms with van der Waals surface area (Å²) in [5, 5.41) is 7.90. The first-order valence-electron chi connectivity index (χ1n) is 5.45. The second-order valence-electron chi connectivity index (χ2n) is 4.15. The van der Waals surface area contributed by atoms with Crippen LogP contribution in [0.2, 0.25) is 0 Å². The van der Waals surface area contributed by atoms with E-state index in [0.29, 0.717) is 19.5 Å². The summed E-state index contributed by atoms with van der Waals surface area (Å²) >= 11 is 0. The molecule has 92 valence electrons. The molecule has 1 fully saturated rings. The third-order valence-corrected chi connectivity index (χ3v) is 4.80. The zero-order chi connectivity index (χ0) is 12.3. The van der Waals surface area contributed by atoms with Crippen molar-refractivity contribution in [2.75, 3.05) is 13.1 Å². The van der Waals surface area contributed by atoms with Crippen molar-refractivity contribution >= 4 is 10.0 Å². The SMILES string of the molecule is CCC(C#N)S(=O)(=O)N1C[C@@H](C)O[C@@H](C)C1. The van der Waals surface area contributed by atoms with Gasteiger partial charge < -0.3 is 4.74 Å². The summed E-state index contributed by atoms with van der Waals surface area (Å²) in [7, 11) is -3.50. The van der Waals surface area contributed by atoms with Crippen LogP contribution in [-0.2, 0) is 14.8 Å². The number of nitriles is 1. The van der Waals surface area contributed by atoms with Crippen molar-refractivity contribution in [3.8, 4) is 6.07 Å². The summed E-state index contributed by atoms with van der Waals surface area (Å²) in [6, 6.07) is 1.85. The standard InChI is InChI=1S/C10H18N2O3S/c1-4-10(5-11)16(13,14)12-6-8(2)15-9(3)7-12/h8-10H,4,6-7H2,1-3H3/t8-,9+,10?. The summed E-state index contributed by atoms with van der Waals surface area (Å²) in [5.41, 5.74) is 0. The van der Waals surface area contributed by atoms with Gasteiger partial charge in [-0.05, 0) is 20.3 Å². The van der Waals surface area contributed by atoms with E-state index in [1.807, 2.05) is 19.9 Å². The molecule has 0 aromatic rings. The molecule has 0 radical (unpaired) electrons. The fraction of sp³-hybridized carbons (Fsp3) is 0.900. The van der Waals surface area contributed by atoms with E-state index >= 15 is 0 Å². The highest BCUT2D eigenvalue weighted by Crippen LogP contribution is 2.18. The van der Waals surface area contributed by atoms with Crippen LogP contribution in [0.25, 0.3) is 0 Å². The van der Waals surface area contributed by atoms with Gasteiger partial charge in [-0.15, -0.1) is 0 Å². The number of sulfonamides is 1. The van der Waals surface area contributed by atoms with Crippen LogP contribution in [0.3, 0.4) is 0 Å². The van der Waals surface area contributed by atoms with Crippen molar-refractivity contribution in [1.29, 1.82) is 5.26 Å². The molecule has 5 nitrogen and oxygen atoms in total. The lowest BCUT2D eigenvalue weighted by Gasteiger charge is -2.35. The molecule has 0 bridgehead atoms. The Hall–Kier alpha value is -0.640. The van der Waals surface area contributed by atoms with Gasteiger partial charge in [0.25, 0.3) is 0 Å². The smallest absolute Gasteiger partial charge is 0.230 e. The number of morpholine rings is 1. The van der Waals surface area contributed by atoms with Crippen LogP contribution in [0, 0.1) is 11.3 Å². The van der Waals surface area contributed by atoms with Crippen LogP contribution in [0.4, 0.5) is 0 Å². The fourth-order valence-corrected chi connectivity index (χ4v) is 3.64. The second-order valence-corrected chi connectivity index (χ2v) is 6.26. The van der Waals surface area contributed by atoms with Gasteiger partial charge in [-0.3, -0.25) is 0 Å². The largest absolute Gasteiger partial charge is 0.373 e. The molecule has 1 saturated heterocycles. The van der Waals surface area contributed by atoms with Gasteiger partial charge in [0.2, 0.25) is 10.0 Å². The first-order valence-corrected chi connectivity index (χ1v) is 6.96. The average Bonchev–Trinajstić information content (AvgIpc) is 2.17. The third kappa shape index (κ3) is 2.73. The monoisotopic (exact) mass is 246 g/mol. The molecule has 0 aromatic heterocycles.